The van der Waals surface area contributed by atoms with Crippen LogP contribution in [-0.2, 0) is 10.1 Å². The lowest BCUT2D eigenvalue weighted by atomic mass is 10.2. The lowest BCUT2D eigenvalue weighted by molar-refractivity contribution is 0.130. The maximum absolute atomic E-state index is 15.1. The van der Waals surface area contributed by atoms with Gasteiger partial charge >= 0.3 is 10.1 Å². The summed E-state index contributed by atoms with van der Waals surface area (Å²) in [6.45, 7) is 16.5. The minimum absolute atomic E-state index is 0.246. The summed E-state index contributed by atoms with van der Waals surface area (Å²) in [5.74, 6) is -11.1. The van der Waals surface area contributed by atoms with Crippen molar-refractivity contribution in [1.29, 1.82) is 0 Å². The molecule has 1 N–H and O–H groups in total. The minimum Gasteiger partial charge on any atom is -0.488 e. The van der Waals surface area contributed by atoms with Crippen molar-refractivity contribution in [2.24, 2.45) is 0 Å². The van der Waals surface area contributed by atoms with Crippen molar-refractivity contribution in [3.63, 3.8) is 0 Å². The summed E-state index contributed by atoms with van der Waals surface area (Å²) in [5.41, 5.74) is -1.76. The second kappa shape index (κ2) is 13.5. The Morgan fingerprint density at radius 2 is 0.694 bits per heavy atom. The monoisotopic (exact) mass is 727 g/mol. The van der Waals surface area contributed by atoms with Gasteiger partial charge in [0.2, 0.25) is 10.7 Å². The predicted octanol–water partition coefficient (Wildman–Crippen LogP) is 10.6. The molecule has 0 radical (unpaired) electrons. The van der Waals surface area contributed by atoms with E-state index in [0.717, 1.165) is 0 Å². The number of hydrogen-bond donors (Lipinski definition) is 0. The highest BCUT2D eigenvalue weighted by molar-refractivity contribution is 8.32. The van der Waals surface area contributed by atoms with Gasteiger partial charge in [-0.05, 0) is 135 Å². The molecule has 0 bridgehead atoms. The maximum Gasteiger partial charge on any atom is 0.428 e. The van der Waals surface area contributed by atoms with E-state index in [1.165, 1.54) is 0 Å². The van der Waals surface area contributed by atoms with Crippen molar-refractivity contribution in [3.05, 3.63) is 102 Å². The third kappa shape index (κ3) is 8.68. The zero-order chi connectivity index (χ0) is 36.7. The highest BCUT2D eigenvalue weighted by atomic mass is 32.3. The van der Waals surface area contributed by atoms with Crippen LogP contribution in [-0.4, -0.2) is 28.9 Å². The molecule has 0 unspecified atom stereocenters. The van der Waals surface area contributed by atoms with Gasteiger partial charge in [-0.1, -0.05) is 0 Å². The van der Waals surface area contributed by atoms with Crippen LogP contribution in [0.3, 0.4) is 0 Å². The number of halogens is 5. The van der Waals surface area contributed by atoms with Gasteiger partial charge in [-0.2, -0.15) is 0 Å². The van der Waals surface area contributed by atoms with E-state index in [9.17, 15) is 21.6 Å². The number of hydrogen-bond acceptors (Lipinski definition) is 5. The molecule has 0 aliphatic heterocycles. The molecule has 0 saturated heterocycles. The normalized spacial score (nSPS) is 13.3. The summed E-state index contributed by atoms with van der Waals surface area (Å²) >= 11 is 0. The number of rotatable bonds is 9. The molecular formula is C36H40F5O6S2+. The average molecular weight is 728 g/mol. The van der Waals surface area contributed by atoms with Gasteiger partial charge in [0.15, 0.2) is 23.3 Å². The molecule has 0 atom stereocenters. The highest BCUT2D eigenvalue weighted by Crippen LogP contribution is 2.69. The van der Waals surface area contributed by atoms with Gasteiger partial charge in [0.1, 0.15) is 34.1 Å². The van der Waals surface area contributed by atoms with E-state index >= 15 is 8.78 Å². The first-order valence-corrected chi connectivity index (χ1v) is 18.2. The van der Waals surface area contributed by atoms with E-state index in [1.807, 2.05) is 62.3 Å². The maximum atomic E-state index is 15.1. The van der Waals surface area contributed by atoms with Crippen LogP contribution in [0.15, 0.2) is 92.4 Å². The number of benzene rings is 4. The molecule has 266 valence electrons. The molecule has 0 aliphatic carbocycles. The molecule has 0 saturated carbocycles. The van der Waals surface area contributed by atoms with Crippen LogP contribution >= 0.6 is 10.3 Å². The van der Waals surface area contributed by atoms with Crippen LogP contribution in [0.5, 0.6) is 17.2 Å². The largest absolute Gasteiger partial charge is 0.488 e. The lowest BCUT2D eigenvalue weighted by Gasteiger charge is -2.35. The Bertz CT molecular complexity index is 1740. The van der Waals surface area contributed by atoms with Gasteiger partial charge in [-0.15, -0.1) is 8.42 Å². The molecule has 0 amide bonds. The predicted molar refractivity (Wildman–Crippen MR) is 179 cm³/mol. The van der Waals surface area contributed by atoms with Crippen molar-refractivity contribution in [3.8, 4) is 17.2 Å². The third-order valence-corrected chi connectivity index (χ3v) is 11.8. The Morgan fingerprint density at radius 1 is 0.449 bits per heavy atom. The van der Waals surface area contributed by atoms with E-state index < -0.39 is 71.2 Å². The van der Waals surface area contributed by atoms with Gasteiger partial charge in [-0.3, -0.25) is 3.63 Å². The molecule has 0 spiro atoms. The molecule has 49 heavy (non-hydrogen) atoms. The van der Waals surface area contributed by atoms with E-state index in [4.69, 9.17) is 14.2 Å². The fourth-order valence-corrected chi connectivity index (χ4v) is 10.3. The van der Waals surface area contributed by atoms with E-state index in [-0.39, 0.29) is 14.7 Å². The zero-order valence-corrected chi connectivity index (χ0v) is 30.3. The molecule has 13 heteroatoms. The highest BCUT2D eigenvalue weighted by Gasteiger charge is 2.47. The van der Waals surface area contributed by atoms with Crippen LogP contribution in [0.25, 0.3) is 0 Å². The summed E-state index contributed by atoms with van der Waals surface area (Å²) in [5, 5.41) is 0. The van der Waals surface area contributed by atoms with E-state index in [0.29, 0.717) is 17.2 Å². The first-order chi connectivity index (χ1) is 22.4. The van der Waals surface area contributed by atoms with Crippen molar-refractivity contribution in [1.82, 2.24) is 0 Å². The Morgan fingerprint density at radius 3 is 0.939 bits per heavy atom. The van der Waals surface area contributed by atoms with E-state index in [1.54, 1.807) is 72.8 Å². The molecule has 0 fully saturated rings. The van der Waals surface area contributed by atoms with Crippen LogP contribution < -0.4 is 14.2 Å². The Balaban J connectivity index is 2.06. The Hall–Kier alpha value is -3.81. The molecule has 0 heterocycles. The first kappa shape index (κ1) is 38.0. The summed E-state index contributed by atoms with van der Waals surface area (Å²) in [7, 11) is -9.12. The molecule has 6 nitrogen and oxygen atoms in total. The fourth-order valence-electron chi connectivity index (χ4n) is 4.71. The zero-order valence-electron chi connectivity index (χ0n) is 28.6. The molecule has 4 rings (SSSR count). The fraction of sp³-hybridized carbons (Fsp3) is 0.333. The first-order valence-electron chi connectivity index (χ1n) is 15.1. The van der Waals surface area contributed by atoms with Gasteiger partial charge in [0.25, 0.3) is 0 Å². The van der Waals surface area contributed by atoms with Gasteiger partial charge in [0.05, 0.1) is 25.0 Å². The standard InChI is InChI=1S/C36H39F5O6S2/c1-34(2,3)44-22-10-16-25(17-11-22)48(26-18-12-23(13-19-26)45-35(4,5)6,27-20-14-24(15-21-27)46-36(7,8)9)47-49(42,43)33-31(40)29(38)28(37)30(39)32(33)41/h10-21H,1-9H3/p+1. The molecule has 0 aliphatic rings. The second-order valence-electron chi connectivity index (χ2n) is 14.1. The minimum atomic E-state index is -5.63. The van der Waals surface area contributed by atoms with E-state index in [2.05, 4.69) is 3.63 Å². The Kier molecular flexibility index (Phi) is 10.5. The van der Waals surface area contributed by atoms with Crippen molar-refractivity contribution < 1.29 is 48.2 Å². The van der Waals surface area contributed by atoms with Crippen LogP contribution in [0.2, 0.25) is 0 Å². The third-order valence-electron chi connectivity index (χ3n) is 6.40. The smallest absolute Gasteiger partial charge is 0.428 e. The van der Waals surface area contributed by atoms with Gasteiger partial charge in [0, 0.05) is 0 Å². The Labute approximate surface area is 285 Å². The summed E-state index contributed by atoms with van der Waals surface area (Å²) in [4.78, 5) is -1.32. The summed E-state index contributed by atoms with van der Waals surface area (Å²) in [6.07, 6.45) is 0. The lowest BCUT2D eigenvalue weighted by Crippen LogP contribution is -2.24. The average Bonchev–Trinajstić information content (AvgIpc) is 2.97. The topological polar surface area (TPSA) is 74.6 Å². The van der Waals surface area contributed by atoms with Crippen LogP contribution in [0, 0.1) is 29.1 Å². The molecular weight excluding hydrogens is 688 g/mol. The van der Waals surface area contributed by atoms with Crippen molar-refractivity contribution >= 4 is 20.4 Å². The van der Waals surface area contributed by atoms with Gasteiger partial charge in [-0.25, -0.2) is 22.0 Å². The molecule has 4 aromatic carbocycles. The summed E-state index contributed by atoms with van der Waals surface area (Å²) < 4.78 is 123. The quantitative estimate of drug-likeness (QED) is 0.0564. The van der Waals surface area contributed by atoms with Gasteiger partial charge < -0.3 is 14.2 Å². The van der Waals surface area contributed by atoms with Crippen LogP contribution in [0.1, 0.15) is 62.3 Å². The summed E-state index contributed by atoms with van der Waals surface area (Å²) in [6, 6.07) is 18.8. The number of ether oxygens (including phenoxy) is 3. The van der Waals surface area contributed by atoms with Crippen LogP contribution in [0.4, 0.5) is 22.0 Å². The van der Waals surface area contributed by atoms with Crippen molar-refractivity contribution in [2.75, 3.05) is 0 Å². The molecule has 0 aromatic heterocycles. The molecule has 4 aromatic rings. The SMILES string of the molecule is CC(C)(C)Oc1ccc(S([OH+]S(=O)(=O)c2c(F)c(F)c(F)c(F)c2F)(c2ccc(OC(C)(C)C)cc2)c2ccc(OC(C)(C)C)cc2)cc1. The van der Waals surface area contributed by atoms with Crippen molar-refractivity contribution in [2.45, 2.75) is 98.7 Å². The second-order valence-corrected chi connectivity index (χ2v) is 18.6.